The van der Waals surface area contributed by atoms with Crippen LogP contribution in [-0.4, -0.2) is 77.2 Å². The first-order valence-corrected chi connectivity index (χ1v) is 9.69. The largest absolute Gasteiger partial charge is 0.339 e. The van der Waals surface area contributed by atoms with Gasteiger partial charge in [0.25, 0.3) is 11.7 Å². The van der Waals surface area contributed by atoms with Crippen molar-refractivity contribution < 1.29 is 9.59 Å². The fourth-order valence-electron chi connectivity index (χ4n) is 3.59. The van der Waals surface area contributed by atoms with Gasteiger partial charge in [0, 0.05) is 43.8 Å². The quantitative estimate of drug-likeness (QED) is 0.643. The third-order valence-electron chi connectivity index (χ3n) is 5.13. The van der Waals surface area contributed by atoms with Crippen molar-refractivity contribution in [3.63, 3.8) is 0 Å². The third kappa shape index (κ3) is 3.82. The Kier molecular flexibility index (Phi) is 4.99. The van der Waals surface area contributed by atoms with E-state index in [2.05, 4.69) is 20.3 Å². The van der Waals surface area contributed by atoms with Crippen molar-refractivity contribution in [1.29, 1.82) is 0 Å². The summed E-state index contributed by atoms with van der Waals surface area (Å²) in [7, 11) is 0. The SMILES string of the molecule is Cc1ccn2c(C(=O)N3CCCN(C(=O)Cn4nc(C)cc4C)CC3)nnc2n1. The zero-order valence-corrected chi connectivity index (χ0v) is 16.9. The Morgan fingerprint density at radius 3 is 2.52 bits per heavy atom. The van der Waals surface area contributed by atoms with E-state index in [1.807, 2.05) is 32.9 Å². The van der Waals surface area contributed by atoms with Crippen molar-refractivity contribution in [2.24, 2.45) is 0 Å². The average Bonchev–Trinajstić information content (AvgIpc) is 3.12. The highest BCUT2D eigenvalue weighted by atomic mass is 16.2. The molecule has 1 aliphatic heterocycles. The van der Waals surface area contributed by atoms with Crippen LogP contribution in [0, 0.1) is 20.8 Å². The van der Waals surface area contributed by atoms with Crippen LogP contribution in [0.15, 0.2) is 18.3 Å². The molecular weight excluding hydrogens is 372 g/mol. The molecule has 152 valence electrons. The van der Waals surface area contributed by atoms with Crippen LogP contribution in [0.3, 0.4) is 0 Å². The molecule has 0 unspecified atom stereocenters. The summed E-state index contributed by atoms with van der Waals surface area (Å²) in [6, 6.07) is 3.77. The first-order valence-electron chi connectivity index (χ1n) is 9.69. The maximum Gasteiger partial charge on any atom is 0.292 e. The molecule has 0 N–H and O–H groups in total. The van der Waals surface area contributed by atoms with Crippen LogP contribution in [0.4, 0.5) is 0 Å². The maximum atomic E-state index is 13.0. The van der Waals surface area contributed by atoms with Crippen LogP contribution < -0.4 is 0 Å². The normalized spacial score (nSPS) is 15.0. The Morgan fingerprint density at radius 1 is 1.00 bits per heavy atom. The van der Waals surface area contributed by atoms with Gasteiger partial charge in [0.15, 0.2) is 0 Å². The zero-order valence-electron chi connectivity index (χ0n) is 16.9. The van der Waals surface area contributed by atoms with E-state index in [1.165, 1.54) is 0 Å². The van der Waals surface area contributed by atoms with Gasteiger partial charge in [-0.3, -0.25) is 18.7 Å². The van der Waals surface area contributed by atoms with Gasteiger partial charge in [-0.25, -0.2) is 4.98 Å². The number of nitrogens with zero attached hydrogens (tertiary/aromatic N) is 8. The molecule has 0 atom stereocenters. The molecule has 3 aromatic rings. The Balaban J connectivity index is 1.43. The summed E-state index contributed by atoms with van der Waals surface area (Å²) in [5.74, 6) is 0.467. The number of carbonyl (C=O) groups is 2. The van der Waals surface area contributed by atoms with Crippen LogP contribution in [0.5, 0.6) is 0 Å². The van der Waals surface area contributed by atoms with Crippen molar-refractivity contribution >= 4 is 17.6 Å². The topological polar surface area (TPSA) is 102 Å². The van der Waals surface area contributed by atoms with Crippen molar-refractivity contribution in [3.05, 3.63) is 41.2 Å². The molecule has 0 bridgehead atoms. The second kappa shape index (κ2) is 7.61. The summed E-state index contributed by atoms with van der Waals surface area (Å²) in [5, 5.41) is 12.4. The predicted molar refractivity (Wildman–Crippen MR) is 104 cm³/mol. The third-order valence-corrected chi connectivity index (χ3v) is 5.13. The molecule has 4 heterocycles. The van der Waals surface area contributed by atoms with Gasteiger partial charge >= 0.3 is 0 Å². The number of hydrogen-bond acceptors (Lipinski definition) is 6. The predicted octanol–water partition coefficient (Wildman–Crippen LogP) is 0.621. The minimum atomic E-state index is -0.198. The van der Waals surface area contributed by atoms with E-state index in [-0.39, 0.29) is 24.2 Å². The van der Waals surface area contributed by atoms with E-state index in [9.17, 15) is 9.59 Å². The van der Waals surface area contributed by atoms with Crippen molar-refractivity contribution in [2.45, 2.75) is 33.7 Å². The number of amides is 2. The molecule has 29 heavy (non-hydrogen) atoms. The molecule has 10 heteroatoms. The Bertz CT molecular complexity index is 1070. The molecule has 1 fully saturated rings. The van der Waals surface area contributed by atoms with E-state index in [4.69, 9.17) is 0 Å². The fraction of sp³-hybridized carbons (Fsp3) is 0.474. The Morgan fingerprint density at radius 2 is 1.76 bits per heavy atom. The molecule has 0 spiro atoms. The van der Waals surface area contributed by atoms with E-state index in [0.717, 1.165) is 17.1 Å². The number of aromatic nitrogens is 6. The molecule has 1 aliphatic rings. The molecule has 4 rings (SSSR count). The number of carbonyl (C=O) groups excluding carboxylic acids is 2. The summed E-state index contributed by atoms with van der Waals surface area (Å²) < 4.78 is 3.33. The lowest BCUT2D eigenvalue weighted by Gasteiger charge is -2.22. The van der Waals surface area contributed by atoms with Crippen LogP contribution >= 0.6 is 0 Å². The highest BCUT2D eigenvalue weighted by molar-refractivity contribution is 5.91. The lowest BCUT2D eigenvalue weighted by Crippen LogP contribution is -2.39. The minimum Gasteiger partial charge on any atom is -0.339 e. The zero-order chi connectivity index (χ0) is 20.5. The second-order valence-electron chi connectivity index (χ2n) is 7.37. The first-order chi connectivity index (χ1) is 13.9. The van der Waals surface area contributed by atoms with Gasteiger partial charge in [0.05, 0.1) is 5.69 Å². The van der Waals surface area contributed by atoms with Crippen LogP contribution in [0.25, 0.3) is 5.78 Å². The van der Waals surface area contributed by atoms with Gasteiger partial charge in [0.1, 0.15) is 6.54 Å². The van der Waals surface area contributed by atoms with Crippen molar-refractivity contribution in [3.8, 4) is 0 Å². The summed E-state index contributed by atoms with van der Waals surface area (Å²) in [5.41, 5.74) is 2.67. The summed E-state index contributed by atoms with van der Waals surface area (Å²) in [6.07, 6.45) is 2.47. The molecule has 0 aliphatic carbocycles. The minimum absolute atomic E-state index is 0.0121. The second-order valence-corrected chi connectivity index (χ2v) is 7.37. The standard InChI is InChI=1S/C19H24N8O2/c1-13-5-8-26-17(21-22-19(26)20-13)18(29)25-7-4-6-24(9-10-25)16(28)12-27-15(3)11-14(2)23-27/h5,8,11H,4,6-7,9-10,12H2,1-3H3. The van der Waals surface area contributed by atoms with Gasteiger partial charge in [-0.15, -0.1) is 10.2 Å². The van der Waals surface area contributed by atoms with Gasteiger partial charge in [-0.2, -0.15) is 5.10 Å². The lowest BCUT2D eigenvalue weighted by molar-refractivity contribution is -0.131. The molecule has 10 nitrogen and oxygen atoms in total. The molecule has 0 saturated carbocycles. The molecule has 2 amide bonds. The highest BCUT2D eigenvalue weighted by Crippen LogP contribution is 2.11. The van der Waals surface area contributed by atoms with E-state index in [1.54, 1.807) is 25.1 Å². The van der Waals surface area contributed by atoms with Gasteiger partial charge in [0.2, 0.25) is 11.7 Å². The number of aryl methyl sites for hydroxylation is 3. The average molecular weight is 396 g/mol. The Hall–Kier alpha value is -3.30. The summed E-state index contributed by atoms with van der Waals surface area (Å²) in [4.78, 5) is 33.5. The van der Waals surface area contributed by atoms with Crippen molar-refractivity contribution in [2.75, 3.05) is 26.2 Å². The highest BCUT2D eigenvalue weighted by Gasteiger charge is 2.26. The molecule has 0 aromatic carbocycles. The number of hydrogen-bond donors (Lipinski definition) is 0. The smallest absolute Gasteiger partial charge is 0.292 e. The van der Waals surface area contributed by atoms with E-state index < -0.39 is 0 Å². The summed E-state index contributed by atoms with van der Waals surface area (Å²) in [6.45, 7) is 8.05. The maximum absolute atomic E-state index is 13.0. The van der Waals surface area contributed by atoms with Crippen LogP contribution in [0.2, 0.25) is 0 Å². The molecule has 0 radical (unpaired) electrons. The van der Waals surface area contributed by atoms with Gasteiger partial charge < -0.3 is 9.80 Å². The summed E-state index contributed by atoms with van der Waals surface area (Å²) >= 11 is 0. The number of fused-ring (bicyclic) bond motifs is 1. The van der Waals surface area contributed by atoms with Crippen LogP contribution in [0.1, 0.15) is 34.1 Å². The monoisotopic (exact) mass is 396 g/mol. The fourth-order valence-corrected chi connectivity index (χ4v) is 3.59. The number of rotatable bonds is 3. The van der Waals surface area contributed by atoms with Gasteiger partial charge in [-0.1, -0.05) is 0 Å². The first kappa shape index (κ1) is 19.0. The van der Waals surface area contributed by atoms with E-state index in [0.29, 0.717) is 38.4 Å². The molecule has 3 aromatic heterocycles. The van der Waals surface area contributed by atoms with Crippen molar-refractivity contribution in [1.82, 2.24) is 39.2 Å². The Labute approximate surface area is 168 Å². The van der Waals surface area contributed by atoms with Crippen LogP contribution in [-0.2, 0) is 11.3 Å². The lowest BCUT2D eigenvalue weighted by atomic mass is 10.3. The van der Waals surface area contributed by atoms with E-state index >= 15 is 0 Å². The molecule has 1 saturated heterocycles. The van der Waals surface area contributed by atoms with Gasteiger partial charge in [-0.05, 0) is 39.3 Å². The molecular formula is C19H24N8O2.